The molecule has 1 saturated heterocycles. The predicted molar refractivity (Wildman–Crippen MR) is 98.5 cm³/mol. The van der Waals surface area contributed by atoms with Gasteiger partial charge in [-0.15, -0.1) is 0 Å². The first-order valence-electron chi connectivity index (χ1n) is 8.19. The van der Waals surface area contributed by atoms with Gasteiger partial charge in [-0.1, -0.05) is 22.9 Å². The molecule has 126 valence electrons. The van der Waals surface area contributed by atoms with E-state index in [1.165, 1.54) is 6.42 Å². The molecule has 1 aromatic carbocycles. The quantitative estimate of drug-likeness (QED) is 0.857. The van der Waals surface area contributed by atoms with Crippen LogP contribution in [-0.4, -0.2) is 33.9 Å². The lowest BCUT2D eigenvalue weighted by Crippen LogP contribution is -2.39. The van der Waals surface area contributed by atoms with Crippen molar-refractivity contribution in [2.24, 2.45) is 5.92 Å². The number of carbonyl (C=O) groups is 1. The smallest absolute Gasteiger partial charge is 0.272 e. The van der Waals surface area contributed by atoms with Crippen LogP contribution in [0.15, 0.2) is 34.8 Å². The highest BCUT2D eigenvalue weighted by Gasteiger charge is 2.23. The summed E-state index contributed by atoms with van der Waals surface area (Å²) in [6, 6.07) is 9.51. The van der Waals surface area contributed by atoms with E-state index in [0.717, 1.165) is 35.4 Å². The van der Waals surface area contributed by atoms with E-state index in [1.54, 1.807) is 6.07 Å². The van der Waals surface area contributed by atoms with Crippen LogP contribution in [0.2, 0.25) is 0 Å². The number of carbonyl (C=O) groups excluding carboxylic acids is 1. The maximum Gasteiger partial charge on any atom is 0.272 e. The zero-order valence-corrected chi connectivity index (χ0v) is 15.5. The summed E-state index contributed by atoms with van der Waals surface area (Å²) in [5, 5.41) is 3.17. The number of likely N-dealkylation sites (tertiary alicyclic amines) is 1. The van der Waals surface area contributed by atoms with Gasteiger partial charge in [-0.2, -0.15) is 0 Å². The average molecular weight is 389 g/mol. The van der Waals surface area contributed by atoms with E-state index in [-0.39, 0.29) is 5.91 Å². The molecular formula is C18H21BrN4O. The van der Waals surface area contributed by atoms with Gasteiger partial charge in [0, 0.05) is 28.9 Å². The van der Waals surface area contributed by atoms with E-state index in [1.807, 2.05) is 36.1 Å². The first kappa shape index (κ1) is 16.9. The Kier molecular flexibility index (Phi) is 5.14. The van der Waals surface area contributed by atoms with Gasteiger partial charge in [0.15, 0.2) is 0 Å². The molecule has 1 unspecified atom stereocenters. The van der Waals surface area contributed by atoms with Gasteiger partial charge in [0.25, 0.3) is 5.91 Å². The van der Waals surface area contributed by atoms with Gasteiger partial charge in [-0.05, 0) is 56.0 Å². The molecule has 2 aromatic rings. The normalized spacial score (nSPS) is 17.6. The number of nitrogens with zero attached hydrogens (tertiary/aromatic N) is 3. The third-order valence-corrected chi connectivity index (χ3v) is 4.65. The molecule has 1 fully saturated rings. The number of halogens is 1. The second kappa shape index (κ2) is 7.30. The lowest BCUT2D eigenvalue weighted by atomic mass is 10.00. The summed E-state index contributed by atoms with van der Waals surface area (Å²) in [7, 11) is 0. The van der Waals surface area contributed by atoms with Gasteiger partial charge in [0.1, 0.15) is 5.69 Å². The molecule has 2 heterocycles. The van der Waals surface area contributed by atoms with Crippen molar-refractivity contribution in [1.29, 1.82) is 0 Å². The highest BCUT2D eigenvalue weighted by molar-refractivity contribution is 9.10. The van der Waals surface area contributed by atoms with Crippen LogP contribution in [0.5, 0.6) is 0 Å². The molecule has 0 saturated carbocycles. The first-order chi connectivity index (χ1) is 11.5. The van der Waals surface area contributed by atoms with Crippen LogP contribution in [0.4, 0.5) is 11.6 Å². The van der Waals surface area contributed by atoms with Gasteiger partial charge < -0.3 is 10.2 Å². The van der Waals surface area contributed by atoms with Crippen LogP contribution in [-0.2, 0) is 0 Å². The predicted octanol–water partition coefficient (Wildman–Crippen LogP) is 4.16. The minimum atomic E-state index is -0.00842. The van der Waals surface area contributed by atoms with Crippen molar-refractivity contribution in [2.45, 2.75) is 26.7 Å². The summed E-state index contributed by atoms with van der Waals surface area (Å²) in [5.74, 6) is 0.989. The molecule has 1 aromatic heterocycles. The van der Waals surface area contributed by atoms with Crippen molar-refractivity contribution >= 4 is 33.5 Å². The van der Waals surface area contributed by atoms with E-state index in [9.17, 15) is 4.79 Å². The molecule has 1 N–H and O–H groups in total. The molecule has 6 heteroatoms. The Morgan fingerprint density at radius 1 is 1.29 bits per heavy atom. The third-order valence-electron chi connectivity index (χ3n) is 4.12. The molecule has 3 rings (SSSR count). The van der Waals surface area contributed by atoms with Crippen molar-refractivity contribution in [3.63, 3.8) is 0 Å². The maximum absolute atomic E-state index is 12.7. The summed E-state index contributed by atoms with van der Waals surface area (Å²) < 4.78 is 1.01. The second-order valence-electron chi connectivity index (χ2n) is 6.35. The fourth-order valence-corrected chi connectivity index (χ4v) is 3.20. The number of hydrogen-bond acceptors (Lipinski definition) is 4. The molecule has 1 aliphatic heterocycles. The fourth-order valence-electron chi connectivity index (χ4n) is 2.93. The number of hydrogen-bond donors (Lipinski definition) is 1. The summed E-state index contributed by atoms with van der Waals surface area (Å²) in [6.07, 6.45) is 2.24. The topological polar surface area (TPSA) is 58.1 Å². The highest BCUT2D eigenvalue weighted by atomic mass is 79.9. The number of amides is 1. The summed E-state index contributed by atoms with van der Waals surface area (Å²) in [5.41, 5.74) is 2.11. The number of rotatable bonds is 3. The number of benzene rings is 1. The zero-order chi connectivity index (χ0) is 17.1. The second-order valence-corrected chi connectivity index (χ2v) is 7.26. The monoisotopic (exact) mass is 388 g/mol. The largest absolute Gasteiger partial charge is 0.337 e. The van der Waals surface area contributed by atoms with Gasteiger partial charge >= 0.3 is 0 Å². The van der Waals surface area contributed by atoms with Gasteiger partial charge in [0.2, 0.25) is 5.95 Å². The maximum atomic E-state index is 12.7. The molecule has 0 radical (unpaired) electrons. The average Bonchev–Trinajstić information content (AvgIpc) is 2.56. The molecule has 1 amide bonds. The molecule has 24 heavy (non-hydrogen) atoms. The molecule has 0 aliphatic carbocycles. The summed E-state index contributed by atoms with van der Waals surface area (Å²) in [6.45, 7) is 5.67. The van der Waals surface area contributed by atoms with Crippen LogP contribution < -0.4 is 5.32 Å². The van der Waals surface area contributed by atoms with E-state index < -0.39 is 0 Å². The standard InChI is InChI=1S/C18H21BrN4O/c1-12-4-3-9-23(11-12)17(24)16-10-13(2)20-18(22-16)21-15-7-5-14(19)6-8-15/h5-8,10,12H,3-4,9,11H2,1-2H3,(H,20,21,22). The number of nitrogens with one attached hydrogen (secondary N) is 1. The summed E-state index contributed by atoms with van der Waals surface area (Å²) >= 11 is 3.41. The van der Waals surface area contributed by atoms with E-state index >= 15 is 0 Å². The number of anilines is 2. The zero-order valence-electron chi connectivity index (χ0n) is 13.9. The molecule has 0 spiro atoms. The SMILES string of the molecule is Cc1cc(C(=O)N2CCCC(C)C2)nc(Nc2ccc(Br)cc2)n1. The molecule has 1 aliphatic rings. The minimum absolute atomic E-state index is 0.00842. The Labute approximate surface area is 150 Å². The Bertz CT molecular complexity index is 732. The Morgan fingerprint density at radius 2 is 2.04 bits per heavy atom. The Balaban J connectivity index is 1.80. The van der Waals surface area contributed by atoms with Crippen LogP contribution in [0, 0.1) is 12.8 Å². The Morgan fingerprint density at radius 3 is 2.75 bits per heavy atom. The number of aromatic nitrogens is 2. The van der Waals surface area contributed by atoms with E-state index in [0.29, 0.717) is 17.6 Å². The van der Waals surface area contributed by atoms with Crippen LogP contribution in [0.3, 0.4) is 0 Å². The van der Waals surface area contributed by atoms with Crippen molar-refractivity contribution in [3.8, 4) is 0 Å². The summed E-state index contributed by atoms with van der Waals surface area (Å²) in [4.78, 5) is 23.5. The van der Waals surface area contributed by atoms with Crippen molar-refractivity contribution in [2.75, 3.05) is 18.4 Å². The van der Waals surface area contributed by atoms with Crippen LogP contribution in [0.1, 0.15) is 35.9 Å². The lowest BCUT2D eigenvalue weighted by Gasteiger charge is -2.30. The van der Waals surface area contributed by atoms with Crippen LogP contribution >= 0.6 is 15.9 Å². The Hall–Kier alpha value is -1.95. The highest BCUT2D eigenvalue weighted by Crippen LogP contribution is 2.20. The minimum Gasteiger partial charge on any atom is -0.337 e. The number of piperidine rings is 1. The van der Waals surface area contributed by atoms with Crippen LogP contribution in [0.25, 0.3) is 0 Å². The van der Waals surface area contributed by atoms with Crippen molar-refractivity contribution in [1.82, 2.24) is 14.9 Å². The molecular weight excluding hydrogens is 368 g/mol. The van der Waals surface area contributed by atoms with Gasteiger partial charge in [-0.25, -0.2) is 9.97 Å². The van der Waals surface area contributed by atoms with Gasteiger partial charge in [0.05, 0.1) is 0 Å². The van der Waals surface area contributed by atoms with Crippen molar-refractivity contribution < 1.29 is 4.79 Å². The van der Waals surface area contributed by atoms with Crippen molar-refractivity contribution in [3.05, 3.63) is 46.2 Å². The fraction of sp³-hybridized carbons (Fsp3) is 0.389. The van der Waals surface area contributed by atoms with Gasteiger partial charge in [-0.3, -0.25) is 4.79 Å². The lowest BCUT2D eigenvalue weighted by molar-refractivity contribution is 0.0677. The molecule has 1 atom stereocenters. The van der Waals surface area contributed by atoms with E-state index in [4.69, 9.17) is 0 Å². The molecule has 0 bridgehead atoms. The molecule has 5 nitrogen and oxygen atoms in total. The van der Waals surface area contributed by atoms with E-state index in [2.05, 4.69) is 38.1 Å². The third kappa shape index (κ3) is 4.12. The first-order valence-corrected chi connectivity index (χ1v) is 8.98. The number of aryl methyl sites for hydroxylation is 1.